The highest BCUT2D eigenvalue weighted by Gasteiger charge is 1.95. The molecule has 0 aromatic rings. The lowest BCUT2D eigenvalue weighted by atomic mass is 10.1. The monoisotopic (exact) mass is 326 g/mol. The van der Waals surface area contributed by atoms with Crippen LogP contribution >= 0.6 is 11.6 Å². The Morgan fingerprint density at radius 2 is 1.23 bits per heavy atom. The van der Waals surface area contributed by atoms with Gasteiger partial charge in [0.2, 0.25) is 5.24 Å². The van der Waals surface area contributed by atoms with Crippen molar-refractivity contribution in [1.29, 1.82) is 0 Å². The predicted molar refractivity (Wildman–Crippen MR) is 99.5 cm³/mol. The van der Waals surface area contributed by atoms with Gasteiger partial charge >= 0.3 is 0 Å². The molecule has 2 heteroatoms. The summed E-state index contributed by atoms with van der Waals surface area (Å²) >= 11 is 5.30. The molecule has 0 aromatic carbocycles. The number of hydrogen-bond acceptors (Lipinski definition) is 1. The van der Waals surface area contributed by atoms with E-state index in [0.717, 1.165) is 19.3 Å². The van der Waals surface area contributed by atoms with Crippen molar-refractivity contribution >= 4 is 16.8 Å². The predicted octanol–water partition coefficient (Wildman–Crippen LogP) is 7.35. The van der Waals surface area contributed by atoms with Crippen LogP contribution in [0.2, 0.25) is 0 Å². The van der Waals surface area contributed by atoms with Crippen LogP contribution in [0, 0.1) is 0 Å². The molecule has 0 radical (unpaired) electrons. The minimum atomic E-state index is -0.192. The van der Waals surface area contributed by atoms with E-state index in [9.17, 15) is 4.79 Å². The van der Waals surface area contributed by atoms with Crippen LogP contribution in [-0.4, -0.2) is 5.24 Å². The summed E-state index contributed by atoms with van der Waals surface area (Å²) in [6.07, 6.45) is 25.9. The van der Waals surface area contributed by atoms with E-state index < -0.39 is 0 Å². The van der Waals surface area contributed by atoms with Crippen molar-refractivity contribution in [2.45, 2.75) is 96.8 Å². The Kier molecular flexibility index (Phi) is 18.0. The lowest BCUT2D eigenvalue weighted by Crippen LogP contribution is -1.86. The lowest BCUT2D eigenvalue weighted by Gasteiger charge is -2.00. The third-order valence-electron chi connectivity index (χ3n) is 3.82. The molecule has 128 valence electrons. The second-order valence-corrected chi connectivity index (χ2v) is 6.46. The molecule has 0 saturated carbocycles. The van der Waals surface area contributed by atoms with Gasteiger partial charge in [-0.05, 0) is 50.1 Å². The molecule has 0 unspecified atom stereocenters. The molecule has 0 atom stereocenters. The molecule has 0 aliphatic carbocycles. The summed E-state index contributed by atoms with van der Waals surface area (Å²) in [6.45, 7) is 2.25. The molecule has 0 bridgehead atoms. The molecule has 0 spiro atoms. The van der Waals surface area contributed by atoms with Gasteiger partial charge in [0.05, 0.1) is 0 Å². The Morgan fingerprint density at radius 1 is 0.727 bits per heavy atom. The van der Waals surface area contributed by atoms with Crippen molar-refractivity contribution in [3.8, 4) is 0 Å². The third-order valence-corrected chi connectivity index (χ3v) is 4.01. The molecule has 0 rings (SSSR count). The van der Waals surface area contributed by atoms with Crippen molar-refractivity contribution < 1.29 is 4.79 Å². The van der Waals surface area contributed by atoms with E-state index in [0.29, 0.717) is 6.42 Å². The number of carbonyl (C=O) groups excluding carboxylic acids is 1. The van der Waals surface area contributed by atoms with Gasteiger partial charge in [0, 0.05) is 6.42 Å². The molecule has 0 aromatic heterocycles. The first kappa shape index (κ1) is 21.4. The number of carbonyl (C=O) groups is 1. The van der Waals surface area contributed by atoms with Gasteiger partial charge in [-0.15, -0.1) is 0 Å². The molecule has 0 saturated heterocycles. The van der Waals surface area contributed by atoms with E-state index in [-0.39, 0.29) is 5.24 Å². The molecule has 0 N–H and O–H groups in total. The van der Waals surface area contributed by atoms with Crippen LogP contribution in [0.1, 0.15) is 96.8 Å². The standard InChI is InChI=1S/C20H35ClO/c1-2-3-4-5-6-7-8-9-10-11-12-13-14-15-16-17-18-19-20(21)22/h6-7,9-10H,2-5,8,11-19H2,1H3/b7-6+,10-9+. The van der Waals surface area contributed by atoms with Crippen LogP contribution in [-0.2, 0) is 4.79 Å². The smallest absolute Gasteiger partial charge is 0.221 e. The van der Waals surface area contributed by atoms with E-state index in [2.05, 4.69) is 31.2 Å². The fraction of sp³-hybridized carbons (Fsp3) is 0.750. The number of rotatable bonds is 16. The molecule has 22 heavy (non-hydrogen) atoms. The quantitative estimate of drug-likeness (QED) is 0.165. The Hall–Kier alpha value is -0.560. The molecule has 0 fully saturated rings. The van der Waals surface area contributed by atoms with Gasteiger partial charge in [-0.25, -0.2) is 0 Å². The largest absolute Gasteiger partial charge is 0.281 e. The van der Waals surface area contributed by atoms with Gasteiger partial charge in [0.1, 0.15) is 0 Å². The molecular formula is C20H35ClO. The highest BCUT2D eigenvalue weighted by Crippen LogP contribution is 2.10. The highest BCUT2D eigenvalue weighted by molar-refractivity contribution is 6.63. The Balaban J connectivity index is 3.15. The number of halogens is 1. The second-order valence-electron chi connectivity index (χ2n) is 6.04. The van der Waals surface area contributed by atoms with E-state index in [1.165, 1.54) is 64.2 Å². The molecule has 0 aliphatic rings. The lowest BCUT2D eigenvalue weighted by molar-refractivity contribution is -0.111. The zero-order valence-corrected chi connectivity index (χ0v) is 15.3. The highest BCUT2D eigenvalue weighted by atomic mass is 35.5. The topological polar surface area (TPSA) is 17.1 Å². The summed E-state index contributed by atoms with van der Waals surface area (Å²) in [5, 5.41) is -0.192. The normalized spacial score (nSPS) is 11.7. The minimum Gasteiger partial charge on any atom is -0.281 e. The first-order valence-corrected chi connectivity index (χ1v) is 9.63. The summed E-state index contributed by atoms with van der Waals surface area (Å²) < 4.78 is 0. The van der Waals surface area contributed by atoms with Gasteiger partial charge in [-0.3, -0.25) is 4.79 Å². The summed E-state index contributed by atoms with van der Waals surface area (Å²) in [5.41, 5.74) is 0. The van der Waals surface area contributed by atoms with E-state index >= 15 is 0 Å². The first-order valence-electron chi connectivity index (χ1n) is 9.25. The van der Waals surface area contributed by atoms with E-state index in [1.807, 2.05) is 0 Å². The SMILES string of the molecule is CCCCC/C=C/C/C=C/CCCCCCCCCC(=O)Cl. The zero-order valence-electron chi connectivity index (χ0n) is 14.5. The van der Waals surface area contributed by atoms with Crippen molar-refractivity contribution in [3.05, 3.63) is 24.3 Å². The first-order chi connectivity index (χ1) is 10.8. The number of allylic oxidation sites excluding steroid dienone is 4. The summed E-state index contributed by atoms with van der Waals surface area (Å²) in [5.74, 6) is 0. The van der Waals surface area contributed by atoms with Gasteiger partial charge in [-0.2, -0.15) is 0 Å². The third kappa shape index (κ3) is 19.4. The van der Waals surface area contributed by atoms with Crippen molar-refractivity contribution in [3.63, 3.8) is 0 Å². The van der Waals surface area contributed by atoms with Crippen LogP contribution in [0.4, 0.5) is 0 Å². The average molecular weight is 327 g/mol. The molecule has 0 heterocycles. The number of hydrogen-bond donors (Lipinski definition) is 0. The van der Waals surface area contributed by atoms with Gasteiger partial charge in [0.15, 0.2) is 0 Å². The zero-order chi connectivity index (χ0) is 16.3. The maximum atomic E-state index is 10.6. The summed E-state index contributed by atoms with van der Waals surface area (Å²) in [6, 6.07) is 0. The van der Waals surface area contributed by atoms with Gasteiger partial charge in [-0.1, -0.05) is 76.2 Å². The van der Waals surface area contributed by atoms with Gasteiger partial charge in [0.25, 0.3) is 0 Å². The molecule has 0 aliphatic heterocycles. The van der Waals surface area contributed by atoms with Crippen LogP contribution in [0.25, 0.3) is 0 Å². The maximum Gasteiger partial charge on any atom is 0.221 e. The molecule has 0 amide bonds. The van der Waals surface area contributed by atoms with Crippen molar-refractivity contribution in [1.82, 2.24) is 0 Å². The Labute approximate surface area is 143 Å². The second kappa shape index (κ2) is 18.5. The number of unbranched alkanes of at least 4 members (excludes halogenated alkanes) is 10. The van der Waals surface area contributed by atoms with E-state index in [1.54, 1.807) is 0 Å². The summed E-state index contributed by atoms with van der Waals surface area (Å²) in [4.78, 5) is 10.6. The fourth-order valence-electron chi connectivity index (χ4n) is 2.43. The van der Waals surface area contributed by atoms with Crippen LogP contribution < -0.4 is 0 Å². The van der Waals surface area contributed by atoms with Crippen LogP contribution in [0.15, 0.2) is 24.3 Å². The maximum absolute atomic E-state index is 10.6. The van der Waals surface area contributed by atoms with Gasteiger partial charge < -0.3 is 0 Å². The Bertz CT molecular complexity index is 294. The van der Waals surface area contributed by atoms with Crippen molar-refractivity contribution in [2.24, 2.45) is 0 Å². The Morgan fingerprint density at radius 3 is 1.77 bits per heavy atom. The van der Waals surface area contributed by atoms with Crippen LogP contribution in [0.3, 0.4) is 0 Å². The summed E-state index contributed by atoms with van der Waals surface area (Å²) in [7, 11) is 0. The fourth-order valence-corrected chi connectivity index (χ4v) is 2.56. The van der Waals surface area contributed by atoms with Crippen molar-refractivity contribution in [2.75, 3.05) is 0 Å². The molecule has 1 nitrogen and oxygen atoms in total. The van der Waals surface area contributed by atoms with E-state index in [4.69, 9.17) is 11.6 Å². The average Bonchev–Trinajstić information content (AvgIpc) is 2.50. The van der Waals surface area contributed by atoms with Crippen LogP contribution in [0.5, 0.6) is 0 Å². The molecular weight excluding hydrogens is 292 g/mol. The minimum absolute atomic E-state index is 0.192.